The lowest BCUT2D eigenvalue weighted by Gasteiger charge is -2.40. The first-order valence-corrected chi connectivity index (χ1v) is 8.57. The van der Waals surface area contributed by atoms with Crippen LogP contribution in [0.5, 0.6) is 0 Å². The van der Waals surface area contributed by atoms with Gasteiger partial charge in [0.15, 0.2) is 0 Å². The third kappa shape index (κ3) is 3.18. The van der Waals surface area contributed by atoms with Crippen molar-refractivity contribution < 1.29 is 0 Å². The second kappa shape index (κ2) is 6.80. The zero-order chi connectivity index (χ0) is 15.5. The number of fused-ring (bicyclic) bond motifs is 1. The molecule has 3 rings (SSSR count). The molecule has 4 heteroatoms. The molecule has 0 radical (unpaired) electrons. The van der Waals surface area contributed by atoms with E-state index in [-0.39, 0.29) is 0 Å². The lowest BCUT2D eigenvalue weighted by Crippen LogP contribution is -2.47. The number of nitrogens with two attached hydrogens (primary N) is 1. The Labute approximate surface area is 133 Å². The van der Waals surface area contributed by atoms with Gasteiger partial charge in [-0.25, -0.2) is 4.98 Å². The molecule has 1 fully saturated rings. The van der Waals surface area contributed by atoms with Crippen molar-refractivity contribution in [3.8, 4) is 0 Å². The van der Waals surface area contributed by atoms with Crippen LogP contribution in [-0.4, -0.2) is 40.5 Å². The number of benzene rings is 1. The average Bonchev–Trinajstić information content (AvgIpc) is 2.92. The number of imidazole rings is 1. The number of rotatable bonds is 5. The molecule has 2 unspecified atom stereocenters. The molecule has 0 amide bonds. The summed E-state index contributed by atoms with van der Waals surface area (Å²) in [4.78, 5) is 10.9. The molecule has 1 aromatic heterocycles. The van der Waals surface area contributed by atoms with Crippen LogP contribution < -0.4 is 5.73 Å². The molecule has 1 saturated heterocycles. The maximum atomic E-state index is 6.16. The fourth-order valence-corrected chi connectivity index (χ4v) is 3.77. The molecule has 1 aliphatic heterocycles. The molecular formula is C18H28N4. The Morgan fingerprint density at radius 3 is 2.86 bits per heavy atom. The van der Waals surface area contributed by atoms with Gasteiger partial charge in [-0.2, -0.15) is 0 Å². The molecule has 3 N–H and O–H groups in total. The van der Waals surface area contributed by atoms with Gasteiger partial charge < -0.3 is 10.7 Å². The summed E-state index contributed by atoms with van der Waals surface area (Å²) in [7, 11) is 0. The van der Waals surface area contributed by atoms with E-state index in [2.05, 4.69) is 35.9 Å². The Balaban J connectivity index is 1.87. The van der Waals surface area contributed by atoms with E-state index in [0.717, 1.165) is 23.4 Å². The third-order valence-electron chi connectivity index (χ3n) is 4.74. The van der Waals surface area contributed by atoms with Crippen molar-refractivity contribution >= 4 is 11.0 Å². The number of hydrogen-bond acceptors (Lipinski definition) is 3. The van der Waals surface area contributed by atoms with Crippen LogP contribution in [0.1, 0.15) is 44.9 Å². The number of para-hydroxylation sites is 2. The number of aromatic amines is 1. The van der Waals surface area contributed by atoms with Gasteiger partial charge in [0, 0.05) is 25.0 Å². The summed E-state index contributed by atoms with van der Waals surface area (Å²) in [6.45, 7) is 7.59. The van der Waals surface area contributed by atoms with Crippen molar-refractivity contribution in [2.75, 3.05) is 19.6 Å². The fraction of sp³-hybridized carbons (Fsp3) is 0.611. The van der Waals surface area contributed by atoms with E-state index < -0.39 is 0 Å². The number of nitrogens with zero attached hydrogens (tertiary/aromatic N) is 2. The van der Waals surface area contributed by atoms with Gasteiger partial charge in [0.2, 0.25) is 0 Å². The Kier molecular flexibility index (Phi) is 4.79. The highest BCUT2D eigenvalue weighted by Crippen LogP contribution is 2.30. The first-order chi connectivity index (χ1) is 10.7. The van der Waals surface area contributed by atoms with Gasteiger partial charge in [-0.3, -0.25) is 4.90 Å². The second-order valence-electron chi connectivity index (χ2n) is 6.93. The Hall–Kier alpha value is -1.39. The zero-order valence-corrected chi connectivity index (χ0v) is 13.8. The summed E-state index contributed by atoms with van der Waals surface area (Å²) >= 11 is 0. The predicted octanol–water partition coefficient (Wildman–Crippen LogP) is 3.12. The molecule has 0 bridgehead atoms. The van der Waals surface area contributed by atoms with E-state index in [1.54, 1.807) is 0 Å². The lowest BCUT2D eigenvalue weighted by molar-refractivity contribution is 0.110. The normalized spacial score (nSPS) is 21.5. The molecular weight excluding hydrogens is 272 g/mol. The third-order valence-corrected chi connectivity index (χ3v) is 4.74. The number of nitrogens with one attached hydrogen (secondary N) is 1. The standard InChI is InChI=1S/C18H28N4/c1-13(2)12-22-10-6-5-9-17(22)14(11-19)18-20-15-7-3-4-8-16(15)21-18/h3-4,7-8,13-14,17H,5-6,9-12,19H2,1-2H3,(H,20,21). The first kappa shape index (κ1) is 15.5. The summed E-state index contributed by atoms with van der Waals surface area (Å²) in [5.41, 5.74) is 8.32. The van der Waals surface area contributed by atoms with E-state index in [1.807, 2.05) is 12.1 Å². The molecule has 120 valence electrons. The highest BCUT2D eigenvalue weighted by atomic mass is 15.2. The van der Waals surface area contributed by atoms with Gasteiger partial charge in [-0.05, 0) is 37.4 Å². The number of hydrogen-bond donors (Lipinski definition) is 2. The summed E-state index contributed by atoms with van der Waals surface area (Å²) in [5.74, 6) is 2.05. The van der Waals surface area contributed by atoms with Crippen LogP contribution in [0.15, 0.2) is 24.3 Å². The Bertz CT molecular complexity index is 571. The smallest absolute Gasteiger partial charge is 0.113 e. The van der Waals surface area contributed by atoms with Gasteiger partial charge in [0.05, 0.1) is 11.0 Å². The van der Waals surface area contributed by atoms with Crippen molar-refractivity contribution in [3.05, 3.63) is 30.1 Å². The number of H-pyrrole nitrogens is 1. The molecule has 0 aliphatic carbocycles. The van der Waals surface area contributed by atoms with E-state index in [9.17, 15) is 0 Å². The molecule has 2 atom stereocenters. The highest BCUT2D eigenvalue weighted by molar-refractivity contribution is 5.74. The van der Waals surface area contributed by atoms with E-state index >= 15 is 0 Å². The van der Waals surface area contributed by atoms with E-state index in [1.165, 1.54) is 25.8 Å². The number of likely N-dealkylation sites (tertiary alicyclic amines) is 1. The molecule has 2 heterocycles. The fourth-order valence-electron chi connectivity index (χ4n) is 3.77. The van der Waals surface area contributed by atoms with Gasteiger partial charge in [-0.1, -0.05) is 32.4 Å². The molecule has 22 heavy (non-hydrogen) atoms. The van der Waals surface area contributed by atoms with E-state index in [4.69, 9.17) is 10.7 Å². The summed E-state index contributed by atoms with van der Waals surface area (Å²) in [5, 5.41) is 0. The van der Waals surface area contributed by atoms with Crippen molar-refractivity contribution in [1.82, 2.24) is 14.9 Å². The molecule has 1 aromatic carbocycles. The average molecular weight is 300 g/mol. The van der Waals surface area contributed by atoms with Gasteiger partial charge in [-0.15, -0.1) is 0 Å². The topological polar surface area (TPSA) is 57.9 Å². The minimum Gasteiger partial charge on any atom is -0.342 e. The lowest BCUT2D eigenvalue weighted by atomic mass is 9.89. The van der Waals surface area contributed by atoms with Gasteiger partial charge in [0.1, 0.15) is 5.82 Å². The number of piperidine rings is 1. The van der Waals surface area contributed by atoms with Crippen molar-refractivity contribution in [2.24, 2.45) is 11.7 Å². The molecule has 1 aliphatic rings. The Morgan fingerprint density at radius 2 is 2.14 bits per heavy atom. The summed E-state index contributed by atoms with van der Waals surface area (Å²) < 4.78 is 0. The maximum absolute atomic E-state index is 6.16. The van der Waals surface area contributed by atoms with Gasteiger partial charge in [0.25, 0.3) is 0 Å². The van der Waals surface area contributed by atoms with Crippen molar-refractivity contribution in [1.29, 1.82) is 0 Å². The van der Waals surface area contributed by atoms with Crippen LogP contribution in [0.4, 0.5) is 0 Å². The van der Waals surface area contributed by atoms with Crippen LogP contribution in [0, 0.1) is 5.92 Å². The Morgan fingerprint density at radius 1 is 1.32 bits per heavy atom. The molecule has 0 saturated carbocycles. The molecule has 2 aromatic rings. The quantitative estimate of drug-likeness (QED) is 0.892. The van der Waals surface area contributed by atoms with Crippen LogP contribution in [0.25, 0.3) is 11.0 Å². The highest BCUT2D eigenvalue weighted by Gasteiger charge is 2.32. The monoisotopic (exact) mass is 300 g/mol. The number of aromatic nitrogens is 2. The van der Waals surface area contributed by atoms with Crippen LogP contribution in [0.3, 0.4) is 0 Å². The van der Waals surface area contributed by atoms with Gasteiger partial charge >= 0.3 is 0 Å². The first-order valence-electron chi connectivity index (χ1n) is 8.57. The zero-order valence-electron chi connectivity index (χ0n) is 13.8. The molecule has 4 nitrogen and oxygen atoms in total. The van der Waals surface area contributed by atoms with Crippen LogP contribution in [0.2, 0.25) is 0 Å². The summed E-state index contributed by atoms with van der Waals surface area (Å²) in [6, 6.07) is 8.76. The van der Waals surface area contributed by atoms with Crippen molar-refractivity contribution in [2.45, 2.75) is 45.1 Å². The van der Waals surface area contributed by atoms with Crippen LogP contribution >= 0.6 is 0 Å². The minimum atomic E-state index is 0.298. The van der Waals surface area contributed by atoms with Crippen LogP contribution in [-0.2, 0) is 0 Å². The minimum absolute atomic E-state index is 0.298. The largest absolute Gasteiger partial charge is 0.342 e. The second-order valence-corrected chi connectivity index (χ2v) is 6.93. The molecule has 0 spiro atoms. The predicted molar refractivity (Wildman–Crippen MR) is 91.9 cm³/mol. The van der Waals surface area contributed by atoms with Crippen molar-refractivity contribution in [3.63, 3.8) is 0 Å². The van der Waals surface area contributed by atoms with E-state index in [0.29, 0.717) is 24.4 Å². The summed E-state index contributed by atoms with van der Waals surface area (Å²) in [6.07, 6.45) is 3.84. The maximum Gasteiger partial charge on any atom is 0.113 e. The SMILES string of the molecule is CC(C)CN1CCCCC1C(CN)c1nc2ccccc2[nH]1.